The van der Waals surface area contributed by atoms with Crippen LogP contribution in [0.5, 0.6) is 0 Å². The number of H-pyrrole nitrogens is 1. The van der Waals surface area contributed by atoms with Crippen LogP contribution >= 0.6 is 0 Å². The van der Waals surface area contributed by atoms with Crippen molar-refractivity contribution >= 4 is 11.5 Å². The van der Waals surface area contributed by atoms with E-state index < -0.39 is 11.2 Å². The average Bonchev–Trinajstić information content (AvgIpc) is 2.21. The number of nitrogens with zero attached hydrogens (tertiary/aromatic N) is 2. The summed E-state index contributed by atoms with van der Waals surface area (Å²) in [7, 11) is 1.56. The molecule has 0 aliphatic heterocycles. The van der Waals surface area contributed by atoms with Crippen LogP contribution < -0.4 is 11.2 Å². The predicted molar refractivity (Wildman–Crippen MR) is 60.0 cm³/mol. The van der Waals surface area contributed by atoms with Crippen LogP contribution in [-0.4, -0.2) is 15.3 Å². The van der Waals surface area contributed by atoms with Gasteiger partial charge in [0.2, 0.25) is 0 Å². The van der Waals surface area contributed by atoms with Gasteiger partial charge in [0.1, 0.15) is 5.82 Å². The van der Waals surface area contributed by atoms with Gasteiger partial charge in [-0.1, -0.05) is 6.58 Å². The van der Waals surface area contributed by atoms with Crippen LogP contribution in [0.2, 0.25) is 0 Å². The highest BCUT2D eigenvalue weighted by Gasteiger charge is 2.07. The minimum Gasteiger partial charge on any atom is -0.281 e. The Bertz CT molecular complexity index is 500. The van der Waals surface area contributed by atoms with Crippen LogP contribution in [0.1, 0.15) is 12.5 Å². The number of hydrogen-bond donors (Lipinski definition) is 1. The fourth-order valence-electron chi connectivity index (χ4n) is 1.10. The summed E-state index contributed by atoms with van der Waals surface area (Å²) in [5.74, 6) is 0.362. The van der Waals surface area contributed by atoms with E-state index in [0.717, 1.165) is 0 Å². The highest BCUT2D eigenvalue weighted by atomic mass is 16.2. The highest BCUT2D eigenvalue weighted by Crippen LogP contribution is 2.11. The third-order valence-electron chi connectivity index (χ3n) is 2.10. The summed E-state index contributed by atoms with van der Waals surface area (Å²) in [5.41, 5.74) is 0.187. The lowest BCUT2D eigenvalue weighted by atomic mass is 10.3. The topological polar surface area (TPSA) is 67.2 Å². The summed E-state index contributed by atoms with van der Waals surface area (Å²) in [6.45, 7) is 6.92. The fourth-order valence-corrected chi connectivity index (χ4v) is 1.10. The Morgan fingerprint density at radius 1 is 1.53 bits per heavy atom. The zero-order valence-corrected chi connectivity index (χ0v) is 9.00. The van der Waals surface area contributed by atoms with Crippen molar-refractivity contribution < 1.29 is 0 Å². The molecule has 0 saturated heterocycles. The van der Waals surface area contributed by atoms with Crippen molar-refractivity contribution in [3.05, 3.63) is 39.1 Å². The average molecular weight is 207 g/mol. The lowest BCUT2D eigenvalue weighted by Crippen LogP contribution is -2.29. The van der Waals surface area contributed by atoms with E-state index in [2.05, 4.69) is 16.6 Å². The van der Waals surface area contributed by atoms with Gasteiger partial charge in [0.05, 0.1) is 5.56 Å². The number of allylic oxidation sites excluding steroid dienone is 1. The maximum absolute atomic E-state index is 11.3. The minimum absolute atomic E-state index is 0.362. The van der Waals surface area contributed by atoms with Crippen molar-refractivity contribution in [2.24, 2.45) is 12.0 Å². The van der Waals surface area contributed by atoms with Crippen LogP contribution in [0.3, 0.4) is 0 Å². The van der Waals surface area contributed by atoms with Gasteiger partial charge in [0, 0.05) is 12.8 Å². The largest absolute Gasteiger partial charge is 0.329 e. The molecule has 5 nitrogen and oxygen atoms in total. The van der Waals surface area contributed by atoms with E-state index in [1.54, 1.807) is 27.0 Å². The molecule has 5 heteroatoms. The van der Waals surface area contributed by atoms with Crippen LogP contribution in [0.15, 0.2) is 27.2 Å². The van der Waals surface area contributed by atoms with Crippen LogP contribution in [0.25, 0.3) is 0 Å². The van der Waals surface area contributed by atoms with Crippen molar-refractivity contribution in [3.63, 3.8) is 0 Å². The third kappa shape index (κ3) is 2.12. The molecule has 0 saturated carbocycles. The standard InChI is InChI=1S/C10H13N3O2/c1-5-6(2)11-8-7(3)9(14)12-10(15)13(8)4/h5H,1H2,2-4H3,(H,12,14,15)/b11-6-. The molecule has 1 rings (SSSR count). The summed E-state index contributed by atoms with van der Waals surface area (Å²) in [4.78, 5) is 28.9. The number of nitrogens with one attached hydrogen (secondary N) is 1. The summed E-state index contributed by atoms with van der Waals surface area (Å²) in [5, 5.41) is 0. The smallest absolute Gasteiger partial charge is 0.281 e. The Hall–Kier alpha value is -1.91. The lowest BCUT2D eigenvalue weighted by Gasteiger charge is -2.05. The van der Waals surface area contributed by atoms with Gasteiger partial charge in [-0.15, -0.1) is 0 Å². The first-order valence-electron chi connectivity index (χ1n) is 4.45. The molecular weight excluding hydrogens is 194 g/mol. The predicted octanol–water partition coefficient (Wildman–Crippen LogP) is 0.660. The fraction of sp³-hybridized carbons (Fsp3) is 0.300. The second-order valence-corrected chi connectivity index (χ2v) is 3.22. The van der Waals surface area contributed by atoms with Gasteiger partial charge in [-0.3, -0.25) is 14.3 Å². The van der Waals surface area contributed by atoms with Crippen LogP contribution in [0, 0.1) is 6.92 Å². The molecule has 1 heterocycles. The van der Waals surface area contributed by atoms with Crippen molar-refractivity contribution in [1.29, 1.82) is 0 Å². The molecule has 0 aromatic carbocycles. The van der Waals surface area contributed by atoms with Crippen molar-refractivity contribution in [2.45, 2.75) is 13.8 Å². The molecule has 80 valence electrons. The molecule has 0 unspecified atom stereocenters. The maximum atomic E-state index is 11.3. The molecule has 15 heavy (non-hydrogen) atoms. The van der Waals surface area contributed by atoms with Gasteiger partial charge in [-0.2, -0.15) is 0 Å². The van der Waals surface area contributed by atoms with Gasteiger partial charge in [0.15, 0.2) is 0 Å². The first-order valence-corrected chi connectivity index (χ1v) is 4.45. The molecule has 0 aliphatic carbocycles. The molecule has 0 aliphatic rings. The third-order valence-corrected chi connectivity index (χ3v) is 2.10. The second kappa shape index (κ2) is 4.08. The Labute approximate surface area is 86.8 Å². The Balaban J connectivity index is 3.61. The van der Waals surface area contributed by atoms with E-state index in [0.29, 0.717) is 17.1 Å². The van der Waals surface area contributed by atoms with Crippen LogP contribution in [0.4, 0.5) is 5.82 Å². The molecule has 0 radical (unpaired) electrons. The van der Waals surface area contributed by atoms with Crippen molar-refractivity contribution in [3.8, 4) is 0 Å². The minimum atomic E-state index is -0.471. The van der Waals surface area contributed by atoms with Crippen molar-refractivity contribution in [2.75, 3.05) is 0 Å². The summed E-state index contributed by atoms with van der Waals surface area (Å²) >= 11 is 0. The lowest BCUT2D eigenvalue weighted by molar-refractivity contribution is 0.791. The molecule has 0 amide bonds. The van der Waals surface area contributed by atoms with Gasteiger partial charge in [-0.25, -0.2) is 9.79 Å². The first-order chi connectivity index (χ1) is 6.97. The van der Waals surface area contributed by atoms with Crippen molar-refractivity contribution in [1.82, 2.24) is 9.55 Å². The summed E-state index contributed by atoms with van der Waals surface area (Å²) in [6.07, 6.45) is 1.56. The number of aromatic amines is 1. The molecule has 0 fully saturated rings. The van der Waals surface area contributed by atoms with E-state index in [-0.39, 0.29) is 0 Å². The van der Waals surface area contributed by atoms with Crippen LogP contribution in [-0.2, 0) is 7.05 Å². The molecule has 0 atom stereocenters. The van der Waals surface area contributed by atoms with Gasteiger partial charge < -0.3 is 0 Å². The summed E-state index contributed by atoms with van der Waals surface area (Å²) in [6, 6.07) is 0. The van der Waals surface area contributed by atoms with E-state index in [1.165, 1.54) is 4.57 Å². The van der Waals surface area contributed by atoms with Gasteiger partial charge in [-0.05, 0) is 19.9 Å². The molecule has 1 N–H and O–H groups in total. The molecule has 1 aromatic rings. The number of rotatable bonds is 2. The quantitative estimate of drug-likeness (QED) is 0.724. The second-order valence-electron chi connectivity index (χ2n) is 3.22. The monoisotopic (exact) mass is 207 g/mol. The first kappa shape index (κ1) is 11.2. The summed E-state index contributed by atoms with van der Waals surface area (Å²) < 4.78 is 1.30. The molecule has 1 aromatic heterocycles. The van der Waals surface area contributed by atoms with E-state index >= 15 is 0 Å². The van der Waals surface area contributed by atoms with E-state index in [1.807, 2.05) is 0 Å². The SMILES string of the molecule is C=C/C(C)=N\c1c(C)c(=O)[nH]c(=O)n1C. The molecule has 0 bridgehead atoms. The normalized spacial score (nSPS) is 11.5. The maximum Gasteiger partial charge on any atom is 0.329 e. The zero-order chi connectivity index (χ0) is 11.6. The zero-order valence-electron chi connectivity index (χ0n) is 9.00. The Kier molecular flexibility index (Phi) is 3.04. The van der Waals surface area contributed by atoms with Gasteiger partial charge in [0.25, 0.3) is 5.56 Å². The van der Waals surface area contributed by atoms with Gasteiger partial charge >= 0.3 is 5.69 Å². The highest BCUT2D eigenvalue weighted by molar-refractivity contribution is 5.94. The number of aliphatic imine (C=N–C) groups is 1. The van der Waals surface area contributed by atoms with E-state index in [4.69, 9.17) is 0 Å². The molecular formula is C10H13N3O2. The Morgan fingerprint density at radius 2 is 2.13 bits per heavy atom. The number of aromatic nitrogens is 2. The number of hydrogen-bond acceptors (Lipinski definition) is 3. The Morgan fingerprint density at radius 3 is 2.67 bits per heavy atom. The van der Waals surface area contributed by atoms with E-state index in [9.17, 15) is 9.59 Å². The molecule has 0 spiro atoms.